The normalized spacial score (nSPS) is 49.2. The first kappa shape index (κ1) is 38.9. The lowest BCUT2D eigenvalue weighted by molar-refractivity contribution is -0.347. The minimum absolute atomic E-state index is 0.0463. The van der Waals surface area contributed by atoms with Crippen LogP contribution >= 0.6 is 0 Å². The maximum atomic E-state index is 11.3. The Morgan fingerprint density at radius 2 is 1.33 bits per heavy atom. The van der Waals surface area contributed by atoms with Gasteiger partial charge in [-0.05, 0) is 18.1 Å². The van der Waals surface area contributed by atoms with Crippen LogP contribution in [0.1, 0.15) is 12.0 Å². The molecular weight excluding hydrogens is 678 g/mol. The Labute approximate surface area is 294 Å². The van der Waals surface area contributed by atoms with Gasteiger partial charge in [-0.2, -0.15) is 0 Å². The fourth-order valence-corrected chi connectivity index (χ4v) is 7.08. The molecule has 1 saturated carbocycles. The van der Waals surface area contributed by atoms with Crippen LogP contribution in [0.4, 0.5) is 0 Å². The summed E-state index contributed by atoms with van der Waals surface area (Å²) in [5.41, 5.74) is 31.7. The maximum Gasteiger partial charge on any atom is 0.187 e. The van der Waals surface area contributed by atoms with Crippen molar-refractivity contribution in [3.63, 3.8) is 0 Å². The van der Waals surface area contributed by atoms with E-state index in [0.29, 0.717) is 0 Å². The van der Waals surface area contributed by atoms with Gasteiger partial charge in [0.15, 0.2) is 25.2 Å². The summed E-state index contributed by atoms with van der Waals surface area (Å²) in [5, 5.41) is 64.3. The summed E-state index contributed by atoms with van der Waals surface area (Å²) in [4.78, 5) is 0. The zero-order valence-corrected chi connectivity index (χ0v) is 27.8. The Hall–Kier alpha value is -1.80. The third kappa shape index (κ3) is 8.17. The highest BCUT2D eigenvalue weighted by molar-refractivity contribution is 5.49. The second kappa shape index (κ2) is 16.7. The van der Waals surface area contributed by atoms with Gasteiger partial charge in [-0.25, -0.2) is 0 Å². The molecule has 0 spiro atoms. The predicted octanol–water partition coefficient (Wildman–Crippen LogP) is -5.76. The van der Waals surface area contributed by atoms with Crippen LogP contribution in [0.2, 0.25) is 0 Å². The highest BCUT2D eigenvalue weighted by atomic mass is 16.8. The van der Waals surface area contributed by atoms with E-state index in [1.165, 1.54) is 0 Å². The number of aliphatic hydroxyl groups is 6. The van der Waals surface area contributed by atoms with Crippen molar-refractivity contribution < 1.29 is 68.5 Å². The molecule has 20 atom stereocenters. The highest BCUT2D eigenvalue weighted by Gasteiger charge is 2.55. The fourth-order valence-electron chi connectivity index (χ4n) is 7.08. The van der Waals surface area contributed by atoms with E-state index in [-0.39, 0.29) is 19.6 Å². The third-order valence-electron chi connectivity index (χ3n) is 10.1. The van der Waals surface area contributed by atoms with Crippen LogP contribution in [0.15, 0.2) is 36.4 Å². The van der Waals surface area contributed by atoms with E-state index in [1.54, 1.807) is 6.08 Å². The van der Waals surface area contributed by atoms with Gasteiger partial charge in [-0.1, -0.05) is 36.4 Å². The van der Waals surface area contributed by atoms with Gasteiger partial charge >= 0.3 is 0 Å². The van der Waals surface area contributed by atoms with Crippen LogP contribution in [0.3, 0.4) is 0 Å². The first-order valence-corrected chi connectivity index (χ1v) is 17.1. The number of rotatable bonds is 10. The molecule has 51 heavy (non-hydrogen) atoms. The summed E-state index contributed by atoms with van der Waals surface area (Å²) in [7, 11) is 0. The summed E-state index contributed by atoms with van der Waals surface area (Å²) in [6.45, 7) is -0.755. The van der Waals surface area contributed by atoms with Crippen LogP contribution in [0.25, 0.3) is 6.08 Å². The SMILES string of the molecule is NCC1O[C@H](O[C@H]2[C@@H](O)[C@H](O[C@@H]3[C@@H](O)[C@H](N)C[C@H](N)[C@@H]3O[C@H]3O[C@@H]4COC(/C=C/c5ccccc5)O[C@H]4[C@H](O)[C@H]3N)O[C@@H]2CO)[C@H](N)[C@@H](O)[C@@H]1O. The first-order valence-electron chi connectivity index (χ1n) is 17.1. The number of ether oxygens (including phenoxy) is 8. The predicted molar refractivity (Wildman–Crippen MR) is 173 cm³/mol. The average molecular weight is 730 g/mol. The molecule has 0 amide bonds. The van der Waals surface area contributed by atoms with Crippen molar-refractivity contribution in [1.29, 1.82) is 0 Å². The molecule has 4 aliphatic heterocycles. The van der Waals surface area contributed by atoms with Crippen LogP contribution in [-0.2, 0) is 37.9 Å². The van der Waals surface area contributed by atoms with Gasteiger partial charge in [-0.15, -0.1) is 0 Å². The van der Waals surface area contributed by atoms with Crippen LogP contribution in [0.5, 0.6) is 0 Å². The topological polar surface area (TPSA) is 325 Å². The molecule has 4 saturated heterocycles. The molecule has 5 aliphatic rings. The molecular formula is C32H51N5O14. The summed E-state index contributed by atoms with van der Waals surface area (Å²) < 4.78 is 47.5. The molecule has 2 unspecified atom stereocenters. The zero-order valence-electron chi connectivity index (χ0n) is 27.8. The Kier molecular flexibility index (Phi) is 12.7. The van der Waals surface area contributed by atoms with Crippen molar-refractivity contribution in [3.8, 4) is 0 Å². The van der Waals surface area contributed by atoms with Gasteiger partial charge in [-0.3, -0.25) is 0 Å². The van der Waals surface area contributed by atoms with Crippen molar-refractivity contribution in [2.24, 2.45) is 28.7 Å². The van der Waals surface area contributed by atoms with Gasteiger partial charge < -0.3 is 97.2 Å². The molecule has 0 aromatic heterocycles. The number of aliphatic hydroxyl groups excluding tert-OH is 6. The van der Waals surface area contributed by atoms with E-state index >= 15 is 0 Å². The Morgan fingerprint density at radius 3 is 2.04 bits per heavy atom. The van der Waals surface area contributed by atoms with E-state index in [4.69, 9.17) is 66.6 Å². The molecule has 0 bridgehead atoms. The van der Waals surface area contributed by atoms with Gasteiger partial charge in [0.1, 0.15) is 67.1 Å². The number of hydrogen-bond acceptors (Lipinski definition) is 19. The molecule has 19 nitrogen and oxygen atoms in total. The van der Waals surface area contributed by atoms with Gasteiger partial charge in [0.2, 0.25) is 0 Å². The zero-order chi connectivity index (χ0) is 36.6. The second-order valence-corrected chi connectivity index (χ2v) is 13.6. The minimum atomic E-state index is -1.60. The quantitative estimate of drug-likeness (QED) is 0.107. The molecule has 0 radical (unpaired) electrons. The van der Waals surface area contributed by atoms with E-state index in [2.05, 4.69) is 0 Å². The number of nitrogens with two attached hydrogens (primary N) is 5. The van der Waals surface area contributed by atoms with Crippen LogP contribution in [-0.4, -0.2) is 173 Å². The van der Waals surface area contributed by atoms with Crippen molar-refractivity contribution in [2.45, 2.75) is 129 Å². The summed E-state index contributed by atoms with van der Waals surface area (Å²) in [5.74, 6) is 0. The number of hydrogen-bond donors (Lipinski definition) is 11. The van der Waals surface area contributed by atoms with E-state index < -0.39 is 129 Å². The third-order valence-corrected chi connectivity index (χ3v) is 10.1. The minimum Gasteiger partial charge on any atom is -0.394 e. The molecule has 1 aromatic rings. The Bertz CT molecular complexity index is 1290. The smallest absolute Gasteiger partial charge is 0.187 e. The lowest BCUT2D eigenvalue weighted by Crippen LogP contribution is -2.69. The van der Waals surface area contributed by atoms with E-state index in [9.17, 15) is 30.6 Å². The molecule has 1 aliphatic carbocycles. The highest BCUT2D eigenvalue weighted by Crippen LogP contribution is 2.35. The number of benzene rings is 1. The standard InChI is InChI=1S/C32H51N5O14/c33-9-15-22(40)23(41)19(36)30(45-15)50-27-16(10-38)46-32(25(27)43)51-29-21(39)13(34)8-14(35)26(29)49-31-20(37)24(42)28-17(47-31)11-44-18(48-28)7-6-12-4-2-1-3-5-12/h1-7,13-32,38-43H,8-11,33-37H2/b7-6+/t13-,14+,15?,16-,17-,18?,19-,20-,21+,22-,23-,24-,25-,26+,27-,28-,29-,30-,31-,32+/m1/s1. The van der Waals surface area contributed by atoms with Crippen LogP contribution in [0, 0.1) is 0 Å². The first-order chi connectivity index (χ1) is 24.4. The lowest BCUT2D eigenvalue weighted by Gasteiger charge is -2.49. The van der Waals surface area contributed by atoms with Gasteiger partial charge in [0, 0.05) is 18.6 Å². The molecule has 1 aromatic carbocycles. The second-order valence-electron chi connectivity index (χ2n) is 13.6. The Morgan fingerprint density at radius 1 is 0.686 bits per heavy atom. The van der Waals surface area contributed by atoms with Crippen molar-refractivity contribution in [3.05, 3.63) is 42.0 Å². The molecule has 4 heterocycles. The van der Waals surface area contributed by atoms with E-state index in [1.807, 2.05) is 36.4 Å². The molecule has 5 fully saturated rings. The van der Waals surface area contributed by atoms with E-state index in [0.717, 1.165) is 5.56 Å². The number of fused-ring (bicyclic) bond motifs is 1. The largest absolute Gasteiger partial charge is 0.394 e. The fraction of sp³-hybridized carbons (Fsp3) is 0.750. The van der Waals surface area contributed by atoms with Gasteiger partial charge in [0.05, 0.1) is 31.4 Å². The average Bonchev–Trinajstić information content (AvgIpc) is 3.43. The van der Waals surface area contributed by atoms with Gasteiger partial charge in [0.25, 0.3) is 0 Å². The Balaban J connectivity index is 1.12. The summed E-state index contributed by atoms with van der Waals surface area (Å²) >= 11 is 0. The maximum absolute atomic E-state index is 11.3. The summed E-state index contributed by atoms with van der Waals surface area (Å²) in [6.07, 6.45) is -15.9. The molecule has 19 heteroatoms. The monoisotopic (exact) mass is 729 g/mol. The van der Waals surface area contributed by atoms with Crippen LogP contribution < -0.4 is 28.7 Å². The lowest BCUT2D eigenvalue weighted by atomic mass is 9.84. The molecule has 16 N–H and O–H groups in total. The molecule has 288 valence electrons. The van der Waals surface area contributed by atoms with Crippen molar-refractivity contribution in [2.75, 3.05) is 19.8 Å². The van der Waals surface area contributed by atoms with Crippen molar-refractivity contribution >= 4 is 6.08 Å². The van der Waals surface area contributed by atoms with Crippen molar-refractivity contribution in [1.82, 2.24) is 0 Å². The summed E-state index contributed by atoms with van der Waals surface area (Å²) in [6, 6.07) is 5.48. The molecule has 6 rings (SSSR count).